The summed E-state index contributed by atoms with van der Waals surface area (Å²) in [4.78, 5) is 2.79. The van der Waals surface area contributed by atoms with Crippen molar-refractivity contribution in [2.45, 2.75) is 81.4 Å². The molecule has 0 unspecified atom stereocenters. The zero-order chi connectivity index (χ0) is 32.9. The number of hydrogen-bond donors (Lipinski definition) is 1. The van der Waals surface area contributed by atoms with E-state index in [1.54, 1.807) is 37.2 Å². The number of hydrogen-bond acceptors (Lipinski definition) is 6. The van der Waals surface area contributed by atoms with Crippen LogP contribution in [0, 0.1) is 11.3 Å². The number of nitrogens with one attached hydrogen (secondary N) is 1. The van der Waals surface area contributed by atoms with Gasteiger partial charge in [-0.2, -0.15) is 21.3 Å². The highest BCUT2D eigenvalue weighted by Gasteiger charge is 2.49. The average molecular weight is 686 g/mol. The Morgan fingerprint density at radius 2 is 1.30 bits per heavy atom. The van der Waals surface area contributed by atoms with E-state index in [2.05, 4.69) is 34.5 Å². The van der Waals surface area contributed by atoms with Gasteiger partial charge in [-0.3, -0.25) is 0 Å². The van der Waals surface area contributed by atoms with Gasteiger partial charge in [0.1, 0.15) is 0 Å². The Morgan fingerprint density at radius 1 is 0.681 bits per heavy atom. The summed E-state index contributed by atoms with van der Waals surface area (Å²) < 4.78 is 62.1. The SMILES string of the molecule is CNc1ccc(S(=O)(=O)N2CCCN(CC3CCCCC3)CCCN(S(=O)(=O)N3CCC(c4ccccc4)CC3)CC3(CC3)C2)cc1. The molecule has 2 aliphatic heterocycles. The third-order valence-electron chi connectivity index (χ3n) is 11.1. The predicted octanol–water partition coefficient (Wildman–Crippen LogP) is 5.60. The Kier molecular flexibility index (Phi) is 11.3. The van der Waals surface area contributed by atoms with Crippen LogP contribution in [0.3, 0.4) is 0 Å². The summed E-state index contributed by atoms with van der Waals surface area (Å²) in [6.45, 7) is 5.36. The van der Waals surface area contributed by atoms with Crippen molar-refractivity contribution in [2.24, 2.45) is 11.3 Å². The maximum absolute atomic E-state index is 14.4. The van der Waals surface area contributed by atoms with Crippen LogP contribution in [0.15, 0.2) is 59.5 Å². The average Bonchev–Trinajstić information content (AvgIpc) is 3.86. The third kappa shape index (κ3) is 8.59. The van der Waals surface area contributed by atoms with Crippen LogP contribution in [0.2, 0.25) is 0 Å². The largest absolute Gasteiger partial charge is 0.388 e. The number of anilines is 1. The highest BCUT2D eigenvalue weighted by molar-refractivity contribution is 7.89. The molecule has 47 heavy (non-hydrogen) atoms. The van der Waals surface area contributed by atoms with Crippen LogP contribution in [-0.2, 0) is 20.2 Å². The molecule has 2 aliphatic carbocycles. The minimum atomic E-state index is -3.75. The van der Waals surface area contributed by atoms with Gasteiger partial charge >= 0.3 is 0 Å². The van der Waals surface area contributed by atoms with Gasteiger partial charge in [-0.05, 0) is 112 Å². The van der Waals surface area contributed by atoms with Gasteiger partial charge in [0.2, 0.25) is 10.0 Å². The van der Waals surface area contributed by atoms with E-state index in [4.69, 9.17) is 0 Å². The zero-order valence-electron chi connectivity index (χ0n) is 28.2. The topological polar surface area (TPSA) is 93.3 Å². The molecule has 2 saturated carbocycles. The highest BCUT2D eigenvalue weighted by atomic mass is 32.2. The lowest BCUT2D eigenvalue weighted by atomic mass is 9.89. The minimum absolute atomic E-state index is 0.296. The van der Waals surface area contributed by atoms with Crippen LogP contribution in [0.1, 0.15) is 82.1 Å². The van der Waals surface area contributed by atoms with E-state index in [1.807, 2.05) is 13.1 Å². The molecular formula is C36H55N5O4S2. The summed E-state index contributed by atoms with van der Waals surface area (Å²) in [5.41, 5.74) is 1.80. The van der Waals surface area contributed by atoms with Crippen molar-refractivity contribution >= 4 is 25.9 Å². The van der Waals surface area contributed by atoms with Crippen LogP contribution in [0.25, 0.3) is 0 Å². The Labute approximate surface area is 283 Å². The molecule has 6 rings (SSSR count). The van der Waals surface area contributed by atoms with Crippen molar-refractivity contribution in [3.05, 3.63) is 60.2 Å². The standard InChI is InChI=1S/C36H55N5O4S2/c1-37-34-14-16-35(17-15-34)46(42,43)40-24-8-22-38(28-31-10-4-2-5-11-31)23-9-25-41(30-36(29-40)20-21-36)47(44,45)39-26-18-33(19-27-39)32-12-6-3-7-13-32/h3,6-7,12-17,31,33,37H,2,4-5,8-11,18-30H2,1H3. The molecule has 0 bridgehead atoms. The molecule has 2 heterocycles. The van der Waals surface area contributed by atoms with E-state index in [-0.39, 0.29) is 5.41 Å². The molecule has 1 N–H and O–H groups in total. The number of benzene rings is 2. The lowest BCUT2D eigenvalue weighted by Gasteiger charge is -2.38. The highest BCUT2D eigenvalue weighted by Crippen LogP contribution is 2.48. The molecule has 2 aromatic rings. The number of piperidine rings is 1. The van der Waals surface area contributed by atoms with Crippen molar-refractivity contribution in [3.63, 3.8) is 0 Å². The molecular weight excluding hydrogens is 631 g/mol. The summed E-state index contributed by atoms with van der Waals surface area (Å²) in [6, 6.07) is 17.4. The van der Waals surface area contributed by atoms with Crippen molar-refractivity contribution < 1.29 is 16.8 Å². The zero-order valence-corrected chi connectivity index (χ0v) is 29.9. The van der Waals surface area contributed by atoms with E-state index >= 15 is 0 Å². The first-order valence-corrected chi connectivity index (χ1v) is 20.8. The smallest absolute Gasteiger partial charge is 0.281 e. The Bertz CT molecular complexity index is 1500. The molecule has 2 aromatic carbocycles. The molecule has 11 heteroatoms. The molecule has 260 valence electrons. The summed E-state index contributed by atoms with van der Waals surface area (Å²) >= 11 is 0. The van der Waals surface area contributed by atoms with Crippen LogP contribution in [-0.4, -0.2) is 101 Å². The van der Waals surface area contributed by atoms with E-state index in [0.29, 0.717) is 56.0 Å². The first-order chi connectivity index (χ1) is 22.7. The van der Waals surface area contributed by atoms with Gasteiger partial charge in [0.15, 0.2) is 0 Å². The van der Waals surface area contributed by atoms with Crippen LogP contribution < -0.4 is 5.32 Å². The molecule has 0 amide bonds. The van der Waals surface area contributed by atoms with Crippen molar-refractivity contribution in [2.75, 3.05) is 71.3 Å². The van der Waals surface area contributed by atoms with Crippen molar-refractivity contribution in [3.8, 4) is 0 Å². The maximum atomic E-state index is 14.4. The minimum Gasteiger partial charge on any atom is -0.388 e. The third-order valence-corrected chi connectivity index (χ3v) is 15.0. The summed E-state index contributed by atoms with van der Waals surface area (Å²) in [7, 11) is -5.62. The fraction of sp³-hybridized carbons (Fsp3) is 0.667. The quantitative estimate of drug-likeness (QED) is 0.389. The fourth-order valence-corrected chi connectivity index (χ4v) is 11.5. The molecule has 0 aromatic heterocycles. The van der Waals surface area contributed by atoms with Gasteiger partial charge in [0, 0.05) is 58.5 Å². The summed E-state index contributed by atoms with van der Waals surface area (Å²) in [5.74, 6) is 1.04. The number of rotatable bonds is 8. The van der Waals surface area contributed by atoms with Crippen LogP contribution in [0.4, 0.5) is 5.69 Å². The van der Waals surface area contributed by atoms with Crippen LogP contribution >= 0.6 is 0 Å². The second kappa shape index (κ2) is 15.3. The van der Waals surface area contributed by atoms with E-state index in [0.717, 1.165) is 63.8 Å². The Balaban J connectivity index is 1.22. The number of sulfonamides is 1. The second-order valence-electron chi connectivity index (χ2n) is 14.6. The second-order valence-corrected chi connectivity index (χ2v) is 18.4. The molecule has 0 atom stereocenters. The summed E-state index contributed by atoms with van der Waals surface area (Å²) in [5, 5.41) is 3.07. The molecule has 2 saturated heterocycles. The monoisotopic (exact) mass is 685 g/mol. The normalized spacial score (nSPS) is 24.0. The Hall–Kier alpha value is -2.02. The maximum Gasteiger partial charge on any atom is 0.281 e. The fourth-order valence-electron chi connectivity index (χ4n) is 8.07. The van der Waals surface area contributed by atoms with Gasteiger partial charge in [-0.25, -0.2) is 8.42 Å². The Morgan fingerprint density at radius 3 is 1.91 bits per heavy atom. The van der Waals surface area contributed by atoms with Crippen molar-refractivity contribution in [1.82, 2.24) is 17.8 Å². The van der Waals surface area contributed by atoms with Crippen molar-refractivity contribution in [1.29, 1.82) is 0 Å². The molecule has 4 fully saturated rings. The van der Waals surface area contributed by atoms with Gasteiger partial charge in [-0.15, -0.1) is 0 Å². The van der Waals surface area contributed by atoms with E-state index in [9.17, 15) is 16.8 Å². The first-order valence-electron chi connectivity index (χ1n) is 18.0. The van der Waals surface area contributed by atoms with Gasteiger partial charge in [-0.1, -0.05) is 49.6 Å². The molecule has 1 spiro atoms. The molecule has 9 nitrogen and oxygen atoms in total. The first kappa shape index (κ1) is 34.8. The molecule has 0 radical (unpaired) electrons. The summed E-state index contributed by atoms with van der Waals surface area (Å²) in [6.07, 6.45) is 11.3. The lowest BCUT2D eigenvalue weighted by molar-refractivity contribution is 0.174. The van der Waals surface area contributed by atoms with E-state index < -0.39 is 20.2 Å². The van der Waals surface area contributed by atoms with Gasteiger partial charge in [0.05, 0.1) is 4.90 Å². The predicted molar refractivity (Wildman–Crippen MR) is 189 cm³/mol. The van der Waals surface area contributed by atoms with Gasteiger partial charge in [0.25, 0.3) is 10.2 Å². The van der Waals surface area contributed by atoms with Crippen LogP contribution in [0.5, 0.6) is 0 Å². The van der Waals surface area contributed by atoms with E-state index in [1.165, 1.54) is 37.7 Å². The van der Waals surface area contributed by atoms with Gasteiger partial charge < -0.3 is 10.2 Å². The lowest BCUT2D eigenvalue weighted by Crippen LogP contribution is -2.51. The molecule has 4 aliphatic rings. The number of nitrogens with zero attached hydrogens (tertiary/aromatic N) is 4.